The van der Waals surface area contributed by atoms with E-state index in [1.807, 2.05) is 18.5 Å². The Kier molecular flexibility index (Phi) is 3.88. The summed E-state index contributed by atoms with van der Waals surface area (Å²) in [6, 6.07) is 3.82. The fraction of sp³-hybridized carbons (Fsp3) is 0.333. The van der Waals surface area contributed by atoms with Gasteiger partial charge in [-0.25, -0.2) is 9.18 Å². The van der Waals surface area contributed by atoms with Gasteiger partial charge in [-0.05, 0) is 38.5 Å². The van der Waals surface area contributed by atoms with Gasteiger partial charge in [0.2, 0.25) is 0 Å². The fourth-order valence-electron chi connectivity index (χ4n) is 2.37. The molecule has 5 heteroatoms. The highest BCUT2D eigenvalue weighted by atomic mass is 19.1. The number of carboxylic acid groups (broad SMARTS) is 1. The highest BCUT2D eigenvalue weighted by Crippen LogP contribution is 2.30. The molecule has 0 fully saturated rings. The Morgan fingerprint density at radius 1 is 1.40 bits per heavy atom. The number of rotatable bonds is 4. The summed E-state index contributed by atoms with van der Waals surface area (Å²) in [5.74, 6) is -1.50. The minimum absolute atomic E-state index is 0.0726. The lowest BCUT2D eigenvalue weighted by Gasteiger charge is -2.06. The van der Waals surface area contributed by atoms with E-state index < -0.39 is 11.8 Å². The van der Waals surface area contributed by atoms with Crippen molar-refractivity contribution in [2.24, 2.45) is 0 Å². The number of aryl methyl sites for hydroxylation is 2. The van der Waals surface area contributed by atoms with Gasteiger partial charge in [0.1, 0.15) is 5.82 Å². The fourth-order valence-corrected chi connectivity index (χ4v) is 2.37. The van der Waals surface area contributed by atoms with Crippen molar-refractivity contribution in [3.05, 3.63) is 41.0 Å². The van der Waals surface area contributed by atoms with Crippen LogP contribution in [0.2, 0.25) is 0 Å². The lowest BCUT2D eigenvalue weighted by molar-refractivity contribution is 0.0697. The molecule has 1 heterocycles. The molecule has 2 rings (SSSR count). The Morgan fingerprint density at radius 3 is 2.70 bits per heavy atom. The van der Waals surface area contributed by atoms with E-state index in [4.69, 9.17) is 5.11 Å². The first kappa shape index (κ1) is 14.2. The first-order chi connectivity index (χ1) is 9.45. The molecule has 0 saturated carbocycles. The van der Waals surface area contributed by atoms with Crippen LogP contribution in [0.1, 0.15) is 35.1 Å². The highest BCUT2D eigenvalue weighted by molar-refractivity contribution is 5.89. The van der Waals surface area contributed by atoms with Crippen molar-refractivity contribution >= 4 is 5.97 Å². The van der Waals surface area contributed by atoms with Crippen molar-refractivity contribution in [2.75, 3.05) is 0 Å². The van der Waals surface area contributed by atoms with Crippen molar-refractivity contribution < 1.29 is 14.3 Å². The van der Waals surface area contributed by atoms with Gasteiger partial charge in [-0.1, -0.05) is 6.92 Å². The standard InChI is InChI=1S/C15H17FN2O2/c1-4-7-18-10(3)14(9(2)17-18)12-8-11(15(19)20)5-6-13(12)16/h5-6,8H,4,7H2,1-3H3,(H,19,20). The number of aromatic nitrogens is 2. The molecule has 0 radical (unpaired) electrons. The summed E-state index contributed by atoms with van der Waals surface area (Å²) in [6.45, 7) is 6.48. The second-order valence-electron chi connectivity index (χ2n) is 4.77. The minimum Gasteiger partial charge on any atom is -0.478 e. The van der Waals surface area contributed by atoms with Gasteiger partial charge >= 0.3 is 5.97 Å². The summed E-state index contributed by atoms with van der Waals surface area (Å²) in [6.07, 6.45) is 0.930. The Morgan fingerprint density at radius 2 is 2.10 bits per heavy atom. The quantitative estimate of drug-likeness (QED) is 0.931. The Balaban J connectivity index is 2.62. The second kappa shape index (κ2) is 5.45. The Hall–Kier alpha value is -2.17. The van der Waals surface area contributed by atoms with E-state index in [1.54, 1.807) is 6.92 Å². The molecule has 0 spiro atoms. The molecule has 0 saturated heterocycles. The average Bonchev–Trinajstić information content (AvgIpc) is 2.66. The molecule has 0 aliphatic heterocycles. The van der Waals surface area contributed by atoms with Crippen molar-refractivity contribution in [2.45, 2.75) is 33.7 Å². The van der Waals surface area contributed by atoms with Crippen LogP contribution in [0.5, 0.6) is 0 Å². The van der Waals surface area contributed by atoms with E-state index in [0.29, 0.717) is 16.8 Å². The molecular weight excluding hydrogens is 259 g/mol. The number of nitrogens with zero attached hydrogens (tertiary/aromatic N) is 2. The van der Waals surface area contributed by atoms with Crippen molar-refractivity contribution in [3.8, 4) is 11.1 Å². The first-order valence-electron chi connectivity index (χ1n) is 6.53. The van der Waals surface area contributed by atoms with E-state index in [2.05, 4.69) is 5.10 Å². The SMILES string of the molecule is CCCn1nc(C)c(-c2cc(C(=O)O)ccc2F)c1C. The summed E-state index contributed by atoms with van der Waals surface area (Å²) < 4.78 is 15.9. The van der Waals surface area contributed by atoms with E-state index in [-0.39, 0.29) is 5.56 Å². The zero-order chi connectivity index (χ0) is 14.9. The van der Waals surface area contributed by atoms with Crippen LogP contribution in [-0.4, -0.2) is 20.9 Å². The molecule has 0 atom stereocenters. The third-order valence-corrected chi connectivity index (χ3v) is 3.30. The summed E-state index contributed by atoms with van der Waals surface area (Å²) in [5, 5.41) is 13.4. The van der Waals surface area contributed by atoms with Gasteiger partial charge < -0.3 is 5.11 Å². The maximum absolute atomic E-state index is 14.0. The summed E-state index contributed by atoms with van der Waals surface area (Å²) in [4.78, 5) is 11.0. The lowest BCUT2D eigenvalue weighted by Crippen LogP contribution is -2.01. The zero-order valence-electron chi connectivity index (χ0n) is 11.8. The molecule has 0 aliphatic rings. The predicted octanol–water partition coefficient (Wildman–Crippen LogP) is 3.41. The third kappa shape index (κ3) is 2.43. The molecule has 106 valence electrons. The van der Waals surface area contributed by atoms with Gasteiger partial charge in [0, 0.05) is 23.4 Å². The number of hydrogen-bond donors (Lipinski definition) is 1. The van der Waals surface area contributed by atoms with Crippen LogP contribution >= 0.6 is 0 Å². The molecule has 1 aromatic carbocycles. The molecule has 0 aliphatic carbocycles. The Labute approximate surface area is 116 Å². The van der Waals surface area contributed by atoms with E-state index in [1.165, 1.54) is 18.2 Å². The van der Waals surface area contributed by atoms with Crippen LogP contribution in [0.15, 0.2) is 18.2 Å². The number of halogens is 1. The minimum atomic E-state index is -1.07. The van der Waals surface area contributed by atoms with Crippen LogP contribution in [-0.2, 0) is 6.54 Å². The van der Waals surface area contributed by atoms with Gasteiger partial charge in [-0.2, -0.15) is 5.10 Å². The van der Waals surface area contributed by atoms with Crippen LogP contribution in [0.3, 0.4) is 0 Å². The van der Waals surface area contributed by atoms with E-state index in [0.717, 1.165) is 18.7 Å². The topological polar surface area (TPSA) is 55.1 Å². The van der Waals surface area contributed by atoms with Gasteiger partial charge in [0.25, 0.3) is 0 Å². The van der Waals surface area contributed by atoms with Gasteiger partial charge in [0.15, 0.2) is 0 Å². The molecule has 0 bridgehead atoms. The molecular formula is C15H17FN2O2. The molecule has 4 nitrogen and oxygen atoms in total. The molecule has 20 heavy (non-hydrogen) atoms. The van der Waals surface area contributed by atoms with Gasteiger partial charge in [-0.15, -0.1) is 0 Å². The smallest absolute Gasteiger partial charge is 0.335 e. The van der Waals surface area contributed by atoms with Crippen molar-refractivity contribution in [3.63, 3.8) is 0 Å². The normalized spacial score (nSPS) is 10.8. The number of carbonyl (C=O) groups is 1. The van der Waals surface area contributed by atoms with Crippen LogP contribution in [0.25, 0.3) is 11.1 Å². The molecule has 1 N–H and O–H groups in total. The maximum atomic E-state index is 14.0. The predicted molar refractivity (Wildman–Crippen MR) is 74.3 cm³/mol. The Bertz CT molecular complexity index is 662. The van der Waals surface area contributed by atoms with E-state index >= 15 is 0 Å². The summed E-state index contributed by atoms with van der Waals surface area (Å²) >= 11 is 0. The average molecular weight is 276 g/mol. The number of benzene rings is 1. The van der Waals surface area contributed by atoms with E-state index in [9.17, 15) is 9.18 Å². The highest BCUT2D eigenvalue weighted by Gasteiger charge is 2.18. The van der Waals surface area contributed by atoms with Gasteiger partial charge in [-0.3, -0.25) is 4.68 Å². The first-order valence-corrected chi connectivity index (χ1v) is 6.53. The molecule has 1 aromatic heterocycles. The van der Waals surface area contributed by atoms with Crippen LogP contribution in [0.4, 0.5) is 4.39 Å². The molecule has 0 amide bonds. The molecule has 0 unspecified atom stereocenters. The number of hydrogen-bond acceptors (Lipinski definition) is 2. The van der Waals surface area contributed by atoms with Crippen LogP contribution in [0, 0.1) is 19.7 Å². The zero-order valence-corrected chi connectivity index (χ0v) is 11.8. The maximum Gasteiger partial charge on any atom is 0.335 e. The van der Waals surface area contributed by atoms with Gasteiger partial charge in [0.05, 0.1) is 11.3 Å². The monoisotopic (exact) mass is 276 g/mol. The number of aromatic carboxylic acids is 1. The number of carboxylic acids is 1. The van der Waals surface area contributed by atoms with Crippen molar-refractivity contribution in [1.29, 1.82) is 0 Å². The lowest BCUT2D eigenvalue weighted by atomic mass is 10.0. The van der Waals surface area contributed by atoms with Crippen LogP contribution < -0.4 is 0 Å². The third-order valence-electron chi connectivity index (χ3n) is 3.30. The summed E-state index contributed by atoms with van der Waals surface area (Å²) in [5.41, 5.74) is 2.60. The second-order valence-corrected chi connectivity index (χ2v) is 4.77. The van der Waals surface area contributed by atoms with Crippen molar-refractivity contribution in [1.82, 2.24) is 9.78 Å². The largest absolute Gasteiger partial charge is 0.478 e. The molecule has 2 aromatic rings. The summed E-state index contributed by atoms with van der Waals surface area (Å²) in [7, 11) is 0.